The van der Waals surface area contributed by atoms with Crippen molar-refractivity contribution in [3.63, 3.8) is 0 Å². The van der Waals surface area contributed by atoms with Gasteiger partial charge in [-0.3, -0.25) is 4.79 Å². The number of nitrogens with zero attached hydrogens (tertiary/aromatic N) is 1. The van der Waals surface area contributed by atoms with Crippen LogP contribution in [0.15, 0.2) is 96.1 Å². The second-order valence-electron chi connectivity index (χ2n) is 7.68. The van der Waals surface area contributed by atoms with Gasteiger partial charge in [0.15, 0.2) is 6.10 Å². The van der Waals surface area contributed by atoms with Gasteiger partial charge in [-0.15, -0.1) is 0 Å². The molecule has 4 rings (SSSR count). The molecule has 0 saturated heterocycles. The summed E-state index contributed by atoms with van der Waals surface area (Å²) in [5.74, 6) is 1.71. The minimum absolute atomic E-state index is 0.348. The summed E-state index contributed by atoms with van der Waals surface area (Å²) in [6.07, 6.45) is 0.847. The van der Waals surface area contributed by atoms with Gasteiger partial charge in [0.25, 0.3) is 5.91 Å². The predicted molar refractivity (Wildman–Crippen MR) is 134 cm³/mol. The molecule has 1 N–H and O–H groups in total. The van der Waals surface area contributed by atoms with E-state index in [4.69, 9.17) is 14.2 Å². The van der Waals surface area contributed by atoms with Gasteiger partial charge in [0.05, 0.1) is 13.3 Å². The summed E-state index contributed by atoms with van der Waals surface area (Å²) in [7, 11) is 1.63. The molecule has 0 heterocycles. The maximum atomic E-state index is 12.5. The molecule has 4 aromatic carbocycles. The zero-order valence-corrected chi connectivity index (χ0v) is 19.1. The highest BCUT2D eigenvalue weighted by Crippen LogP contribution is 2.22. The van der Waals surface area contributed by atoms with Crippen LogP contribution in [0.25, 0.3) is 10.8 Å². The van der Waals surface area contributed by atoms with E-state index in [0.29, 0.717) is 18.1 Å². The van der Waals surface area contributed by atoms with Crippen LogP contribution in [-0.4, -0.2) is 25.3 Å². The average Bonchev–Trinajstić information content (AvgIpc) is 2.88. The van der Waals surface area contributed by atoms with E-state index in [9.17, 15) is 4.79 Å². The molecule has 1 amide bonds. The average molecular weight is 455 g/mol. The lowest BCUT2D eigenvalue weighted by Gasteiger charge is -2.13. The van der Waals surface area contributed by atoms with Gasteiger partial charge in [-0.2, -0.15) is 5.10 Å². The summed E-state index contributed by atoms with van der Waals surface area (Å²) in [5, 5.41) is 6.26. The lowest BCUT2D eigenvalue weighted by atomic mass is 10.1. The van der Waals surface area contributed by atoms with E-state index in [1.165, 1.54) is 0 Å². The summed E-state index contributed by atoms with van der Waals surface area (Å²) in [6, 6.07) is 28.9. The molecule has 0 bridgehead atoms. The minimum atomic E-state index is -0.710. The Morgan fingerprint density at radius 2 is 1.71 bits per heavy atom. The number of para-hydroxylation sites is 1. The van der Waals surface area contributed by atoms with E-state index in [0.717, 1.165) is 27.6 Å². The first-order valence-corrected chi connectivity index (χ1v) is 11.0. The number of hydrogen-bond donors (Lipinski definition) is 1. The van der Waals surface area contributed by atoms with Crippen LogP contribution in [-0.2, 0) is 11.4 Å². The Kier molecular flexibility index (Phi) is 7.40. The molecule has 34 heavy (non-hydrogen) atoms. The third kappa shape index (κ3) is 5.92. The third-order valence-electron chi connectivity index (χ3n) is 5.23. The van der Waals surface area contributed by atoms with Gasteiger partial charge in [-0.05, 0) is 59.7 Å². The van der Waals surface area contributed by atoms with Gasteiger partial charge in [0, 0.05) is 5.56 Å². The molecule has 0 aliphatic heterocycles. The van der Waals surface area contributed by atoms with Gasteiger partial charge in [0.2, 0.25) is 0 Å². The van der Waals surface area contributed by atoms with Crippen LogP contribution in [0.4, 0.5) is 0 Å². The van der Waals surface area contributed by atoms with Crippen LogP contribution in [0.2, 0.25) is 0 Å². The first-order chi connectivity index (χ1) is 16.6. The maximum Gasteiger partial charge on any atom is 0.280 e. The number of hydrazone groups is 1. The summed E-state index contributed by atoms with van der Waals surface area (Å²) in [6.45, 7) is 2.07. The van der Waals surface area contributed by atoms with E-state index < -0.39 is 6.10 Å². The molecule has 172 valence electrons. The quantitative estimate of drug-likeness (QED) is 0.274. The van der Waals surface area contributed by atoms with Crippen molar-refractivity contribution in [2.75, 3.05) is 7.11 Å². The molecule has 4 aromatic rings. The number of rotatable bonds is 9. The Balaban J connectivity index is 1.34. The zero-order valence-electron chi connectivity index (χ0n) is 19.1. The number of carbonyl (C=O) groups is 1. The molecule has 1 atom stereocenters. The van der Waals surface area contributed by atoms with Crippen LogP contribution < -0.4 is 19.6 Å². The van der Waals surface area contributed by atoms with Crippen molar-refractivity contribution in [2.45, 2.75) is 19.6 Å². The van der Waals surface area contributed by atoms with Crippen molar-refractivity contribution >= 4 is 22.9 Å². The Bertz CT molecular complexity index is 1300. The summed E-state index contributed by atoms with van der Waals surface area (Å²) >= 11 is 0. The minimum Gasteiger partial charge on any atom is -0.497 e. The fourth-order valence-electron chi connectivity index (χ4n) is 3.40. The highest BCUT2D eigenvalue weighted by Gasteiger charge is 2.14. The van der Waals surface area contributed by atoms with Crippen LogP contribution in [0.1, 0.15) is 18.1 Å². The second kappa shape index (κ2) is 11.0. The topological polar surface area (TPSA) is 69.2 Å². The second-order valence-corrected chi connectivity index (χ2v) is 7.68. The zero-order chi connectivity index (χ0) is 23.8. The van der Waals surface area contributed by atoms with Gasteiger partial charge < -0.3 is 14.2 Å². The van der Waals surface area contributed by atoms with Crippen molar-refractivity contribution in [3.8, 4) is 17.2 Å². The van der Waals surface area contributed by atoms with Crippen molar-refractivity contribution in [1.29, 1.82) is 0 Å². The Labute approximate surface area is 198 Å². The lowest BCUT2D eigenvalue weighted by molar-refractivity contribution is -0.127. The van der Waals surface area contributed by atoms with Crippen molar-refractivity contribution in [1.82, 2.24) is 5.43 Å². The molecule has 0 radical (unpaired) electrons. The van der Waals surface area contributed by atoms with Crippen molar-refractivity contribution in [2.24, 2.45) is 5.10 Å². The normalized spacial score (nSPS) is 11.8. The number of methoxy groups -OCH3 is 1. The molecule has 0 aliphatic carbocycles. The van der Waals surface area contributed by atoms with Crippen molar-refractivity contribution in [3.05, 3.63) is 102 Å². The largest absolute Gasteiger partial charge is 0.497 e. The molecular formula is C28H26N2O4. The van der Waals surface area contributed by atoms with E-state index in [-0.39, 0.29) is 5.91 Å². The molecule has 0 aliphatic rings. The van der Waals surface area contributed by atoms with E-state index in [1.807, 2.05) is 91.0 Å². The number of carbonyl (C=O) groups excluding carboxylic acids is 1. The molecular weight excluding hydrogens is 428 g/mol. The molecule has 0 unspecified atom stereocenters. The molecule has 6 heteroatoms. The Hall–Kier alpha value is -4.32. The molecule has 0 spiro atoms. The highest BCUT2D eigenvalue weighted by atomic mass is 16.5. The summed E-state index contributed by atoms with van der Waals surface area (Å²) in [5.41, 5.74) is 4.27. The van der Waals surface area contributed by atoms with E-state index in [2.05, 4.69) is 10.5 Å². The predicted octanol–water partition coefficient (Wildman–Crippen LogP) is 5.35. The first-order valence-electron chi connectivity index (χ1n) is 11.0. The summed E-state index contributed by atoms with van der Waals surface area (Å²) in [4.78, 5) is 12.5. The molecule has 0 saturated carbocycles. The summed E-state index contributed by atoms with van der Waals surface area (Å²) < 4.78 is 17.0. The van der Waals surface area contributed by atoms with Gasteiger partial charge in [-0.25, -0.2) is 5.43 Å². The molecule has 6 nitrogen and oxygen atoms in total. The number of amides is 1. The number of benzene rings is 4. The Morgan fingerprint density at radius 3 is 2.56 bits per heavy atom. The number of nitrogens with one attached hydrogen (secondary N) is 1. The fraction of sp³-hybridized carbons (Fsp3) is 0.143. The van der Waals surface area contributed by atoms with Gasteiger partial charge in [-0.1, -0.05) is 54.6 Å². The van der Waals surface area contributed by atoms with Crippen LogP contribution in [0, 0.1) is 0 Å². The smallest absolute Gasteiger partial charge is 0.280 e. The molecule has 0 aromatic heterocycles. The standard InChI is InChI=1S/C28H26N2O4/c1-20(34-26-15-14-22-9-3-4-10-23(22)17-26)28(31)30-29-18-24-11-5-6-13-27(24)33-19-21-8-7-12-25(16-21)32-2/h3-18,20H,19H2,1-2H3,(H,30,31)/b29-18-/t20-/m0/s1. The van der Waals surface area contributed by atoms with Gasteiger partial charge >= 0.3 is 0 Å². The van der Waals surface area contributed by atoms with Crippen LogP contribution in [0.5, 0.6) is 17.2 Å². The monoisotopic (exact) mass is 454 g/mol. The van der Waals surface area contributed by atoms with E-state index >= 15 is 0 Å². The van der Waals surface area contributed by atoms with Gasteiger partial charge in [0.1, 0.15) is 23.9 Å². The SMILES string of the molecule is COc1cccc(COc2ccccc2/C=N\NC(=O)[C@H](C)Oc2ccc3ccccc3c2)c1. The first kappa shape index (κ1) is 22.9. The number of ether oxygens (including phenoxy) is 3. The van der Waals surface area contributed by atoms with Crippen LogP contribution >= 0.6 is 0 Å². The van der Waals surface area contributed by atoms with Crippen LogP contribution in [0.3, 0.4) is 0 Å². The maximum absolute atomic E-state index is 12.5. The van der Waals surface area contributed by atoms with Crippen molar-refractivity contribution < 1.29 is 19.0 Å². The highest BCUT2D eigenvalue weighted by molar-refractivity contribution is 5.87. The van der Waals surface area contributed by atoms with E-state index in [1.54, 1.807) is 20.2 Å². The molecule has 0 fully saturated rings. The lowest BCUT2D eigenvalue weighted by Crippen LogP contribution is -2.33. The Morgan fingerprint density at radius 1 is 0.912 bits per heavy atom. The number of fused-ring (bicyclic) bond motifs is 1. The third-order valence-corrected chi connectivity index (χ3v) is 5.23. The fourth-order valence-corrected chi connectivity index (χ4v) is 3.40. The number of hydrogen-bond acceptors (Lipinski definition) is 5.